The highest BCUT2D eigenvalue weighted by molar-refractivity contribution is 6.30. The highest BCUT2D eigenvalue weighted by Crippen LogP contribution is 2.16. The summed E-state index contributed by atoms with van der Waals surface area (Å²) in [6.45, 7) is 3.71. The summed E-state index contributed by atoms with van der Waals surface area (Å²) < 4.78 is 4.87. The third-order valence-corrected chi connectivity index (χ3v) is 2.52. The van der Waals surface area contributed by atoms with E-state index in [0.717, 1.165) is 0 Å². The van der Waals surface area contributed by atoms with Crippen LogP contribution in [0, 0.1) is 5.92 Å². The van der Waals surface area contributed by atoms with E-state index in [-0.39, 0.29) is 12.3 Å². The predicted octanol–water partition coefficient (Wildman–Crippen LogP) is 3.39. The molecular formula is C13H16ClNO4. The van der Waals surface area contributed by atoms with Gasteiger partial charge in [-0.2, -0.15) is 0 Å². The average Bonchev–Trinajstić information content (AvgIpc) is 2.27. The van der Waals surface area contributed by atoms with Gasteiger partial charge >= 0.3 is 12.1 Å². The lowest BCUT2D eigenvalue weighted by Crippen LogP contribution is -2.30. The SMILES string of the molecule is CC(C)C[C@H](OC(=O)Nc1cccc(Cl)c1)C(=O)O. The zero-order valence-electron chi connectivity index (χ0n) is 10.7. The van der Waals surface area contributed by atoms with Crippen LogP contribution < -0.4 is 5.32 Å². The van der Waals surface area contributed by atoms with Gasteiger partial charge in [0, 0.05) is 10.7 Å². The fraction of sp³-hybridized carbons (Fsp3) is 0.385. The van der Waals surface area contributed by atoms with Gasteiger partial charge < -0.3 is 9.84 Å². The fourth-order valence-corrected chi connectivity index (χ4v) is 1.66. The van der Waals surface area contributed by atoms with Crippen LogP contribution >= 0.6 is 11.6 Å². The number of carboxylic acid groups (broad SMARTS) is 1. The summed E-state index contributed by atoms with van der Waals surface area (Å²) in [6.07, 6.45) is -1.70. The van der Waals surface area contributed by atoms with E-state index in [0.29, 0.717) is 10.7 Å². The number of hydrogen-bond donors (Lipinski definition) is 2. The molecule has 1 rings (SSSR count). The standard InChI is InChI=1S/C13H16ClNO4/c1-8(2)6-11(12(16)17)19-13(18)15-10-5-3-4-9(14)7-10/h3-5,7-8,11H,6H2,1-2H3,(H,15,18)(H,16,17)/t11-/m0/s1. The molecule has 6 heteroatoms. The van der Waals surface area contributed by atoms with Gasteiger partial charge in [-0.05, 0) is 30.5 Å². The second-order valence-corrected chi connectivity index (χ2v) is 4.93. The van der Waals surface area contributed by atoms with Gasteiger partial charge in [-0.15, -0.1) is 0 Å². The van der Waals surface area contributed by atoms with Crippen LogP contribution in [-0.4, -0.2) is 23.3 Å². The molecule has 0 aliphatic rings. The molecule has 0 saturated heterocycles. The van der Waals surface area contributed by atoms with Crippen LogP contribution in [0.15, 0.2) is 24.3 Å². The lowest BCUT2D eigenvalue weighted by atomic mass is 10.1. The number of carboxylic acids is 1. The molecule has 0 aliphatic heterocycles. The Balaban J connectivity index is 2.60. The van der Waals surface area contributed by atoms with Crippen LogP contribution in [0.25, 0.3) is 0 Å². The quantitative estimate of drug-likeness (QED) is 0.869. The zero-order valence-corrected chi connectivity index (χ0v) is 11.5. The molecule has 0 fully saturated rings. The summed E-state index contributed by atoms with van der Waals surface area (Å²) in [5, 5.41) is 11.9. The minimum atomic E-state index is -1.16. The van der Waals surface area contributed by atoms with E-state index in [1.807, 2.05) is 13.8 Å². The molecule has 0 heterocycles. The molecule has 0 unspecified atom stereocenters. The van der Waals surface area contributed by atoms with Crippen molar-refractivity contribution in [3.05, 3.63) is 29.3 Å². The van der Waals surface area contributed by atoms with Crippen molar-refractivity contribution in [2.75, 3.05) is 5.32 Å². The Morgan fingerprint density at radius 3 is 2.63 bits per heavy atom. The number of halogens is 1. The van der Waals surface area contributed by atoms with Crippen molar-refractivity contribution < 1.29 is 19.4 Å². The maximum absolute atomic E-state index is 11.6. The number of ether oxygens (including phenoxy) is 1. The molecule has 0 radical (unpaired) electrons. The number of aliphatic carboxylic acids is 1. The molecule has 0 aliphatic carbocycles. The third kappa shape index (κ3) is 5.61. The first-order chi connectivity index (χ1) is 8.88. The normalized spacial score (nSPS) is 12.0. The molecule has 0 aromatic heterocycles. The minimum Gasteiger partial charge on any atom is -0.479 e. The van der Waals surface area contributed by atoms with Crippen LogP contribution in [0.5, 0.6) is 0 Å². The van der Waals surface area contributed by atoms with Crippen molar-refractivity contribution in [2.24, 2.45) is 5.92 Å². The molecule has 0 saturated carbocycles. The number of rotatable bonds is 5. The minimum absolute atomic E-state index is 0.111. The van der Waals surface area contributed by atoms with Gasteiger partial charge in [-0.3, -0.25) is 5.32 Å². The average molecular weight is 286 g/mol. The molecule has 19 heavy (non-hydrogen) atoms. The molecule has 0 bridgehead atoms. The molecule has 1 aromatic rings. The number of amides is 1. The largest absolute Gasteiger partial charge is 0.479 e. The first-order valence-electron chi connectivity index (χ1n) is 5.84. The molecular weight excluding hydrogens is 270 g/mol. The van der Waals surface area contributed by atoms with Crippen LogP contribution in [0.4, 0.5) is 10.5 Å². The smallest absolute Gasteiger partial charge is 0.412 e. The monoisotopic (exact) mass is 285 g/mol. The Morgan fingerprint density at radius 2 is 2.11 bits per heavy atom. The van der Waals surface area contributed by atoms with Gasteiger partial charge in [0.05, 0.1) is 0 Å². The summed E-state index contributed by atoms with van der Waals surface area (Å²) in [4.78, 5) is 22.5. The third-order valence-electron chi connectivity index (χ3n) is 2.28. The second-order valence-electron chi connectivity index (χ2n) is 4.50. The van der Waals surface area contributed by atoms with Crippen molar-refractivity contribution in [1.82, 2.24) is 0 Å². The highest BCUT2D eigenvalue weighted by atomic mass is 35.5. The number of hydrogen-bond acceptors (Lipinski definition) is 3. The first kappa shape index (κ1) is 15.3. The van der Waals surface area contributed by atoms with Crippen LogP contribution in [0.1, 0.15) is 20.3 Å². The topological polar surface area (TPSA) is 75.6 Å². The van der Waals surface area contributed by atoms with Crippen molar-refractivity contribution in [3.63, 3.8) is 0 Å². The Kier molecular flexibility index (Phi) is 5.63. The van der Waals surface area contributed by atoms with E-state index >= 15 is 0 Å². The van der Waals surface area contributed by atoms with E-state index in [2.05, 4.69) is 5.32 Å². The Bertz CT molecular complexity index is 462. The molecule has 5 nitrogen and oxygen atoms in total. The van der Waals surface area contributed by atoms with Gasteiger partial charge in [-0.25, -0.2) is 9.59 Å². The van der Waals surface area contributed by atoms with Gasteiger partial charge in [-0.1, -0.05) is 31.5 Å². The van der Waals surface area contributed by atoms with Crippen LogP contribution in [0.2, 0.25) is 5.02 Å². The van der Waals surface area contributed by atoms with E-state index in [4.69, 9.17) is 21.4 Å². The fourth-order valence-electron chi connectivity index (χ4n) is 1.47. The highest BCUT2D eigenvalue weighted by Gasteiger charge is 2.23. The summed E-state index contributed by atoms with van der Waals surface area (Å²) in [5.74, 6) is -1.05. The maximum Gasteiger partial charge on any atom is 0.412 e. The lowest BCUT2D eigenvalue weighted by molar-refractivity contribution is -0.147. The summed E-state index contributed by atoms with van der Waals surface area (Å²) >= 11 is 5.77. The second kappa shape index (κ2) is 6.99. The van der Waals surface area contributed by atoms with Gasteiger partial charge in [0.25, 0.3) is 0 Å². The van der Waals surface area contributed by atoms with Gasteiger partial charge in [0.1, 0.15) is 0 Å². The number of anilines is 1. The Morgan fingerprint density at radius 1 is 1.42 bits per heavy atom. The van der Waals surface area contributed by atoms with E-state index < -0.39 is 18.2 Å². The molecule has 104 valence electrons. The number of nitrogens with one attached hydrogen (secondary N) is 1. The van der Waals surface area contributed by atoms with Gasteiger partial charge in [0.15, 0.2) is 0 Å². The number of benzene rings is 1. The molecule has 1 atom stereocenters. The Labute approximate surface area is 116 Å². The summed E-state index contributed by atoms with van der Waals surface area (Å²) in [7, 11) is 0. The van der Waals surface area contributed by atoms with Crippen molar-refractivity contribution in [3.8, 4) is 0 Å². The number of carbonyl (C=O) groups excluding carboxylic acids is 1. The maximum atomic E-state index is 11.6. The summed E-state index contributed by atoms with van der Waals surface area (Å²) in [6, 6.07) is 6.50. The molecule has 0 spiro atoms. The molecule has 1 aromatic carbocycles. The summed E-state index contributed by atoms with van der Waals surface area (Å²) in [5.41, 5.74) is 0.450. The van der Waals surface area contributed by atoms with Crippen molar-refractivity contribution in [2.45, 2.75) is 26.4 Å². The number of carbonyl (C=O) groups is 2. The lowest BCUT2D eigenvalue weighted by Gasteiger charge is -2.16. The first-order valence-corrected chi connectivity index (χ1v) is 6.22. The van der Waals surface area contributed by atoms with E-state index in [1.54, 1.807) is 24.3 Å². The zero-order chi connectivity index (χ0) is 14.4. The van der Waals surface area contributed by atoms with Crippen molar-refractivity contribution in [1.29, 1.82) is 0 Å². The molecule has 2 N–H and O–H groups in total. The van der Waals surface area contributed by atoms with Gasteiger partial charge in [0.2, 0.25) is 6.10 Å². The van der Waals surface area contributed by atoms with E-state index in [9.17, 15) is 9.59 Å². The molecule has 1 amide bonds. The predicted molar refractivity (Wildman–Crippen MR) is 72.4 cm³/mol. The van der Waals surface area contributed by atoms with Crippen molar-refractivity contribution >= 4 is 29.4 Å². The van der Waals surface area contributed by atoms with Crippen LogP contribution in [0.3, 0.4) is 0 Å². The van der Waals surface area contributed by atoms with E-state index in [1.165, 1.54) is 0 Å². The Hall–Kier alpha value is -1.75. The van der Waals surface area contributed by atoms with Crippen LogP contribution in [-0.2, 0) is 9.53 Å².